The minimum atomic E-state index is -0.294. The van der Waals surface area contributed by atoms with E-state index >= 15 is 0 Å². The van der Waals surface area contributed by atoms with Crippen molar-refractivity contribution in [1.82, 2.24) is 4.90 Å². The van der Waals surface area contributed by atoms with Gasteiger partial charge in [0.25, 0.3) is 0 Å². The van der Waals surface area contributed by atoms with E-state index in [9.17, 15) is 4.79 Å². The van der Waals surface area contributed by atoms with Gasteiger partial charge in [-0.15, -0.1) is 12.3 Å². The molecule has 0 spiro atoms. The molecule has 1 heterocycles. The number of carbonyl (C=O) groups is 1. The van der Waals surface area contributed by atoms with Crippen LogP contribution in [0.25, 0.3) is 11.1 Å². The van der Waals surface area contributed by atoms with Gasteiger partial charge in [-0.2, -0.15) is 0 Å². The lowest BCUT2D eigenvalue weighted by atomic mass is 9.98. The average Bonchev–Trinajstić information content (AvgIpc) is 3.01. The van der Waals surface area contributed by atoms with Crippen molar-refractivity contribution in [2.45, 2.75) is 18.4 Å². The van der Waals surface area contributed by atoms with Crippen LogP contribution in [-0.2, 0) is 9.47 Å². The smallest absolute Gasteiger partial charge is 0.409 e. The summed E-state index contributed by atoms with van der Waals surface area (Å²) < 4.78 is 11.3. The van der Waals surface area contributed by atoms with Crippen LogP contribution in [0.5, 0.6) is 0 Å². The monoisotopic (exact) mass is 347 g/mol. The van der Waals surface area contributed by atoms with E-state index in [0.717, 1.165) is 0 Å². The summed E-state index contributed by atoms with van der Waals surface area (Å²) in [5, 5.41) is 0. The summed E-state index contributed by atoms with van der Waals surface area (Å²) in [6.45, 7) is 1.86. The fourth-order valence-electron chi connectivity index (χ4n) is 3.83. The minimum absolute atomic E-state index is 0.0777. The first-order valence-electron chi connectivity index (χ1n) is 8.93. The highest BCUT2D eigenvalue weighted by molar-refractivity contribution is 5.79. The zero-order valence-electron chi connectivity index (χ0n) is 14.6. The van der Waals surface area contributed by atoms with Crippen LogP contribution < -0.4 is 0 Å². The number of carbonyl (C=O) groups excluding carboxylic acids is 1. The molecular weight excluding hydrogens is 326 g/mol. The van der Waals surface area contributed by atoms with E-state index in [0.29, 0.717) is 32.7 Å². The number of hydrogen-bond acceptors (Lipinski definition) is 3. The third-order valence-electron chi connectivity index (χ3n) is 5.08. The summed E-state index contributed by atoms with van der Waals surface area (Å²) >= 11 is 0. The van der Waals surface area contributed by atoms with Crippen LogP contribution in [0, 0.1) is 12.3 Å². The Morgan fingerprint density at radius 2 is 1.81 bits per heavy atom. The molecule has 132 valence electrons. The van der Waals surface area contributed by atoms with Crippen molar-refractivity contribution in [2.24, 2.45) is 0 Å². The van der Waals surface area contributed by atoms with E-state index in [2.05, 4.69) is 30.2 Å². The van der Waals surface area contributed by atoms with E-state index < -0.39 is 0 Å². The first kappa shape index (κ1) is 16.7. The average molecular weight is 347 g/mol. The van der Waals surface area contributed by atoms with E-state index in [1.165, 1.54) is 22.3 Å². The number of morpholine rings is 1. The number of hydrogen-bond donors (Lipinski definition) is 0. The molecule has 4 rings (SSSR count). The molecule has 1 unspecified atom stereocenters. The second-order valence-electron chi connectivity index (χ2n) is 6.65. The topological polar surface area (TPSA) is 38.8 Å². The van der Waals surface area contributed by atoms with Crippen LogP contribution in [0.4, 0.5) is 4.79 Å². The molecule has 26 heavy (non-hydrogen) atoms. The standard InChI is InChI=1S/C22H21NO3/c1-2-7-16-14-23(12-13-25-16)22(24)26-15-21-19-10-5-3-8-17(19)18-9-4-6-11-20(18)21/h1,3-6,8-11,16,21H,7,12-15H2. The lowest BCUT2D eigenvalue weighted by Crippen LogP contribution is -2.46. The molecule has 0 N–H and O–H groups in total. The highest BCUT2D eigenvalue weighted by Crippen LogP contribution is 2.44. The lowest BCUT2D eigenvalue weighted by molar-refractivity contribution is -0.0246. The van der Waals surface area contributed by atoms with Crippen molar-refractivity contribution in [2.75, 3.05) is 26.3 Å². The highest BCUT2D eigenvalue weighted by atomic mass is 16.6. The Labute approximate surface area is 153 Å². The summed E-state index contributed by atoms with van der Waals surface area (Å²) in [4.78, 5) is 14.2. The molecule has 4 nitrogen and oxygen atoms in total. The van der Waals surface area contributed by atoms with Crippen molar-refractivity contribution in [3.63, 3.8) is 0 Å². The quantitative estimate of drug-likeness (QED) is 0.796. The van der Waals surface area contributed by atoms with Crippen LogP contribution in [0.1, 0.15) is 23.5 Å². The number of benzene rings is 2. The predicted octanol–water partition coefficient (Wildman–Crippen LogP) is 3.66. The second-order valence-corrected chi connectivity index (χ2v) is 6.65. The summed E-state index contributed by atoms with van der Waals surface area (Å²) in [5.74, 6) is 2.67. The third kappa shape index (κ3) is 3.07. The summed E-state index contributed by atoms with van der Waals surface area (Å²) in [6, 6.07) is 16.6. The molecule has 2 aliphatic rings. The van der Waals surface area contributed by atoms with Gasteiger partial charge in [0.2, 0.25) is 0 Å². The van der Waals surface area contributed by atoms with E-state index in [1.54, 1.807) is 4.90 Å². The normalized spacial score (nSPS) is 18.7. The van der Waals surface area contributed by atoms with Gasteiger partial charge in [-0.25, -0.2) is 4.79 Å². The first-order valence-corrected chi connectivity index (χ1v) is 8.93. The van der Waals surface area contributed by atoms with Crippen LogP contribution in [0.3, 0.4) is 0 Å². The number of nitrogens with zero attached hydrogens (tertiary/aromatic N) is 1. The third-order valence-corrected chi connectivity index (χ3v) is 5.08. The van der Waals surface area contributed by atoms with Crippen molar-refractivity contribution >= 4 is 6.09 Å². The van der Waals surface area contributed by atoms with Gasteiger partial charge in [0.1, 0.15) is 6.61 Å². The van der Waals surface area contributed by atoms with Crippen LogP contribution >= 0.6 is 0 Å². The maximum atomic E-state index is 12.5. The Morgan fingerprint density at radius 3 is 2.46 bits per heavy atom. The molecule has 4 heteroatoms. The summed E-state index contributed by atoms with van der Waals surface area (Å²) in [7, 11) is 0. The maximum Gasteiger partial charge on any atom is 0.409 e. The van der Waals surface area contributed by atoms with Gasteiger partial charge < -0.3 is 14.4 Å². The molecule has 0 radical (unpaired) electrons. The Hall–Kier alpha value is -2.77. The molecule has 2 aromatic rings. The molecule has 1 saturated heterocycles. The molecule has 1 aliphatic carbocycles. The molecule has 0 saturated carbocycles. The Balaban J connectivity index is 1.46. The Kier molecular flexibility index (Phi) is 4.64. The van der Waals surface area contributed by atoms with Gasteiger partial charge in [0.05, 0.1) is 19.3 Å². The van der Waals surface area contributed by atoms with Crippen molar-refractivity contribution in [3.8, 4) is 23.5 Å². The largest absolute Gasteiger partial charge is 0.448 e. The minimum Gasteiger partial charge on any atom is -0.448 e. The molecule has 2 aromatic carbocycles. The fraction of sp³-hybridized carbons (Fsp3) is 0.318. The first-order chi connectivity index (χ1) is 12.8. The van der Waals surface area contributed by atoms with E-state index in [-0.39, 0.29) is 18.1 Å². The zero-order chi connectivity index (χ0) is 17.9. The fourth-order valence-corrected chi connectivity index (χ4v) is 3.83. The summed E-state index contributed by atoms with van der Waals surface area (Å²) in [5.41, 5.74) is 4.89. The SMILES string of the molecule is C#CCC1CN(C(=O)OCC2c3ccccc3-c3ccccc32)CCO1. The molecule has 1 aliphatic heterocycles. The van der Waals surface area contributed by atoms with Gasteiger partial charge in [-0.3, -0.25) is 0 Å². The number of terminal acetylenes is 1. The van der Waals surface area contributed by atoms with Gasteiger partial charge in [-0.1, -0.05) is 48.5 Å². The Morgan fingerprint density at radius 1 is 1.15 bits per heavy atom. The molecule has 1 fully saturated rings. The zero-order valence-corrected chi connectivity index (χ0v) is 14.6. The molecule has 1 amide bonds. The van der Waals surface area contributed by atoms with Crippen LogP contribution in [0.15, 0.2) is 48.5 Å². The van der Waals surface area contributed by atoms with Crippen molar-refractivity contribution in [3.05, 3.63) is 59.7 Å². The van der Waals surface area contributed by atoms with Crippen LogP contribution in [0.2, 0.25) is 0 Å². The van der Waals surface area contributed by atoms with Gasteiger partial charge >= 0.3 is 6.09 Å². The van der Waals surface area contributed by atoms with Crippen molar-refractivity contribution in [1.29, 1.82) is 0 Å². The predicted molar refractivity (Wildman–Crippen MR) is 99.8 cm³/mol. The molecule has 0 aromatic heterocycles. The van der Waals surface area contributed by atoms with Gasteiger partial charge in [0.15, 0.2) is 0 Å². The van der Waals surface area contributed by atoms with Gasteiger partial charge in [-0.05, 0) is 22.3 Å². The lowest BCUT2D eigenvalue weighted by Gasteiger charge is -2.31. The molecule has 0 bridgehead atoms. The number of ether oxygens (including phenoxy) is 2. The Bertz CT molecular complexity index is 809. The van der Waals surface area contributed by atoms with Crippen molar-refractivity contribution < 1.29 is 14.3 Å². The number of amides is 1. The van der Waals surface area contributed by atoms with E-state index in [1.807, 2.05) is 24.3 Å². The van der Waals surface area contributed by atoms with Crippen LogP contribution in [-0.4, -0.2) is 43.4 Å². The van der Waals surface area contributed by atoms with E-state index in [4.69, 9.17) is 15.9 Å². The summed E-state index contributed by atoms with van der Waals surface area (Å²) in [6.07, 6.45) is 5.46. The highest BCUT2D eigenvalue weighted by Gasteiger charge is 2.30. The molecular formula is C22H21NO3. The van der Waals surface area contributed by atoms with Gasteiger partial charge in [0, 0.05) is 18.9 Å². The molecule has 1 atom stereocenters. The number of fused-ring (bicyclic) bond motifs is 3. The number of rotatable bonds is 3. The maximum absolute atomic E-state index is 12.5. The second kappa shape index (κ2) is 7.23.